The van der Waals surface area contributed by atoms with E-state index in [4.69, 9.17) is 0 Å². The summed E-state index contributed by atoms with van der Waals surface area (Å²) in [5.41, 5.74) is 25.9. The number of hydrogen-bond donors (Lipinski definition) is 0. The Balaban J connectivity index is 0.964. The zero-order valence-corrected chi connectivity index (χ0v) is 49.9. The second-order valence-corrected chi connectivity index (χ2v) is 30.4. The first-order valence-electron chi connectivity index (χ1n) is 30.6. The Morgan fingerprint density at radius 3 is 1.00 bits per heavy atom. The molecule has 0 fully saturated rings. The van der Waals surface area contributed by atoms with Gasteiger partial charge in [0.1, 0.15) is 0 Å². The van der Waals surface area contributed by atoms with Crippen molar-refractivity contribution >= 4 is 98.9 Å². The molecule has 18 rings (SSSR count). The number of fused-ring (bicyclic) bond motifs is 6. The molecule has 0 bridgehead atoms. The Morgan fingerprint density at radius 2 is 0.616 bits per heavy atom. The van der Waals surface area contributed by atoms with Gasteiger partial charge in [0.05, 0.1) is 10.8 Å². The molecule has 400 valence electrons. The fraction of sp³-hybridized carbons (Fsp3) is 0.0488. The van der Waals surface area contributed by atoms with Gasteiger partial charge in [0.2, 0.25) is 13.4 Å². The average Bonchev–Trinajstić information content (AvgIpc) is 2.33. The summed E-state index contributed by atoms with van der Waals surface area (Å²) >= 11 is 0. The van der Waals surface area contributed by atoms with Gasteiger partial charge in [0.15, 0.2) is 8.07 Å². The van der Waals surface area contributed by atoms with Gasteiger partial charge in [-0.05, 0) is 125 Å². The van der Waals surface area contributed by atoms with Gasteiger partial charge in [0.25, 0.3) is 0 Å². The quantitative estimate of drug-likeness (QED) is 0.105. The van der Waals surface area contributed by atoms with Crippen molar-refractivity contribution in [2.75, 3.05) is 0 Å². The number of hydrogen-bond acceptors (Lipinski definition) is 0. The van der Waals surface area contributed by atoms with E-state index in [2.05, 4.69) is 323 Å². The van der Waals surface area contributed by atoms with Crippen molar-refractivity contribution in [2.24, 2.45) is 0 Å². The molecule has 5 aliphatic rings. The summed E-state index contributed by atoms with van der Waals surface area (Å²) in [6.07, 6.45) is 0. The molecule has 0 unspecified atom stereocenters. The minimum atomic E-state index is -3.10. The topological polar surface area (TPSA) is 0 Å². The molecule has 0 saturated heterocycles. The van der Waals surface area contributed by atoms with Gasteiger partial charge in [-0.2, -0.15) is 0 Å². The van der Waals surface area contributed by atoms with Crippen molar-refractivity contribution in [1.82, 2.24) is 0 Å². The third-order valence-electron chi connectivity index (χ3n) is 20.4. The lowest BCUT2D eigenvalue weighted by Crippen LogP contribution is -2.88. The first-order chi connectivity index (χ1) is 42.5. The Hall–Kier alpha value is -9.36. The van der Waals surface area contributed by atoms with Crippen LogP contribution in [0.2, 0.25) is 0 Å². The van der Waals surface area contributed by atoms with Gasteiger partial charge in [-0.3, -0.25) is 0 Å². The predicted octanol–water partition coefficient (Wildman–Crippen LogP) is 10.1. The molecular formula is C82H57B2PSi. The molecule has 86 heavy (non-hydrogen) atoms. The van der Waals surface area contributed by atoms with Crippen LogP contribution in [-0.4, -0.2) is 21.5 Å². The van der Waals surface area contributed by atoms with E-state index in [0.717, 1.165) is 0 Å². The summed E-state index contributed by atoms with van der Waals surface area (Å²) in [7, 11) is -4.14. The van der Waals surface area contributed by atoms with Gasteiger partial charge in [-0.15, -0.1) is 0 Å². The predicted molar refractivity (Wildman–Crippen MR) is 369 cm³/mol. The molecule has 0 amide bonds. The molecule has 2 aliphatic carbocycles. The van der Waals surface area contributed by atoms with Crippen LogP contribution in [0.15, 0.2) is 309 Å². The lowest BCUT2D eigenvalue weighted by molar-refractivity contribution is 0.769. The molecule has 0 nitrogen and oxygen atoms in total. The Labute approximate surface area is 507 Å². The van der Waals surface area contributed by atoms with Crippen LogP contribution in [0.25, 0.3) is 22.3 Å². The van der Waals surface area contributed by atoms with Crippen LogP contribution in [-0.2, 0) is 10.8 Å². The Bertz CT molecular complexity index is 4520. The van der Waals surface area contributed by atoms with Crippen LogP contribution in [0, 0.1) is 13.8 Å². The summed E-state index contributed by atoms with van der Waals surface area (Å²) in [6, 6.07) is 121. The van der Waals surface area contributed by atoms with Gasteiger partial charge in [-0.25, -0.2) is 0 Å². The van der Waals surface area contributed by atoms with E-state index < -0.39 is 26.8 Å². The minimum absolute atomic E-state index is 0.0404. The smallest absolute Gasteiger partial charge is 0.0682 e. The number of benzene rings is 13. The first kappa shape index (κ1) is 50.0. The third kappa shape index (κ3) is 6.55. The number of rotatable bonds is 8. The van der Waals surface area contributed by atoms with Crippen LogP contribution in [0.1, 0.15) is 55.6 Å². The lowest BCUT2D eigenvalue weighted by atomic mass is 9.33. The number of aryl methyl sites for hydroxylation is 2. The van der Waals surface area contributed by atoms with E-state index in [1.54, 1.807) is 26.3 Å². The lowest BCUT2D eigenvalue weighted by Gasteiger charge is -2.51. The molecule has 0 N–H and O–H groups in total. The Morgan fingerprint density at radius 1 is 0.279 bits per heavy atom. The van der Waals surface area contributed by atoms with Gasteiger partial charge >= 0.3 is 0 Å². The highest BCUT2D eigenvalue weighted by molar-refractivity contribution is 7.85. The molecule has 0 saturated carbocycles. The van der Waals surface area contributed by atoms with E-state index in [0.29, 0.717) is 0 Å². The molecule has 0 aromatic heterocycles. The maximum absolute atomic E-state index is 3.10. The van der Waals surface area contributed by atoms with Crippen molar-refractivity contribution in [3.63, 3.8) is 0 Å². The molecule has 13 aromatic carbocycles. The Kier molecular flexibility index (Phi) is 10.9. The monoisotopic (exact) mass is 1120 g/mol. The van der Waals surface area contributed by atoms with E-state index in [-0.39, 0.29) is 13.4 Å². The highest BCUT2D eigenvalue weighted by atomic mass is 31.1. The van der Waals surface area contributed by atoms with Crippen LogP contribution in [0.3, 0.4) is 0 Å². The van der Waals surface area contributed by atoms with Crippen LogP contribution in [0.5, 0.6) is 0 Å². The van der Waals surface area contributed by atoms with E-state index in [1.807, 2.05) is 0 Å². The zero-order valence-electron chi connectivity index (χ0n) is 48.0. The minimum Gasteiger partial charge on any atom is -0.0682 e. The zero-order chi connectivity index (χ0) is 56.9. The maximum Gasteiger partial charge on any atom is 0.242 e. The second kappa shape index (κ2) is 18.8. The summed E-state index contributed by atoms with van der Waals surface area (Å²) in [5, 5.41) is 10.7. The molecule has 3 heterocycles. The van der Waals surface area contributed by atoms with Gasteiger partial charge < -0.3 is 0 Å². The van der Waals surface area contributed by atoms with Gasteiger partial charge in [-0.1, -0.05) is 353 Å². The molecule has 13 aromatic rings. The van der Waals surface area contributed by atoms with E-state index >= 15 is 0 Å². The summed E-state index contributed by atoms with van der Waals surface area (Å²) in [6.45, 7) is 4.67. The van der Waals surface area contributed by atoms with Crippen molar-refractivity contribution in [2.45, 2.75) is 24.7 Å². The molecule has 0 radical (unpaired) electrons. The van der Waals surface area contributed by atoms with Crippen molar-refractivity contribution in [3.8, 4) is 22.3 Å². The van der Waals surface area contributed by atoms with Crippen molar-refractivity contribution < 1.29 is 0 Å². The van der Waals surface area contributed by atoms with Crippen molar-refractivity contribution in [1.29, 1.82) is 0 Å². The highest BCUT2D eigenvalue weighted by Crippen LogP contribution is 2.57. The first-order valence-corrected chi connectivity index (χ1v) is 33.9. The fourth-order valence-electron chi connectivity index (χ4n) is 17.4. The summed E-state index contributed by atoms with van der Waals surface area (Å²) in [4.78, 5) is 0. The van der Waals surface area contributed by atoms with Crippen LogP contribution < -0.4 is 69.4 Å². The highest BCUT2D eigenvalue weighted by Gasteiger charge is 2.57. The third-order valence-corrected chi connectivity index (χ3v) is 28.5. The van der Waals surface area contributed by atoms with E-state index in [1.165, 1.54) is 121 Å². The SMILES string of the molecule is Cc1cc2c3c(c1)[Si](c1ccccc1)(c1ccccc1)c1cc(C)cc4c1P3c1c(cccc1B4c1ccc3c(c1)C(c1ccccc1)(c1ccccc1)c1ccccc1-3)B2c1ccc2c(c1)C(c1ccccc1)(c1ccccc1)c1ccccc1-2. The average molecular weight is 1120 g/mol. The largest absolute Gasteiger partial charge is 0.242 e. The summed E-state index contributed by atoms with van der Waals surface area (Å²) in [5.74, 6) is 0. The molecular weight excluding hydrogens is 1070 g/mol. The van der Waals surface area contributed by atoms with E-state index in [9.17, 15) is 0 Å². The fourth-order valence-corrected chi connectivity index (χ4v) is 27.3. The molecule has 0 spiro atoms. The second-order valence-electron chi connectivity index (χ2n) is 24.6. The standard InChI is InChI=1S/C82H57B2PSi/c1-54-48-74-79-76(50-54)86(62-34-17-7-18-35-62,63-36-19-8-20-37-63)77-51-55(2)49-75-80(77)85(79)78-72(83(74)60-44-46-66-64-38-21-23-40-68(64)81(70(66)52-60,56-26-9-3-10-27-56)57-28-11-4-12-29-57)42-25-43-73(78)84(75)61-45-47-67-65-39-22-24-41-69(65)82(71(67)53-61,58-30-13-5-14-31-58)59-32-15-6-16-33-59/h3-53H,1-2H3. The normalized spacial score (nSPS) is 15.3. The molecule has 3 aliphatic heterocycles. The van der Waals surface area contributed by atoms with Crippen LogP contribution >= 0.6 is 7.92 Å². The summed E-state index contributed by atoms with van der Waals surface area (Å²) < 4.78 is 0. The maximum atomic E-state index is 2.66. The van der Waals surface area contributed by atoms with Gasteiger partial charge in [0, 0.05) is 0 Å². The van der Waals surface area contributed by atoms with Crippen LogP contribution in [0.4, 0.5) is 0 Å². The molecule has 0 atom stereocenters. The van der Waals surface area contributed by atoms with Crippen molar-refractivity contribution in [3.05, 3.63) is 365 Å². The molecule has 4 heteroatoms.